The van der Waals surface area contributed by atoms with Crippen molar-refractivity contribution in [2.75, 3.05) is 0 Å². The maximum absolute atomic E-state index is 5.22. The highest BCUT2D eigenvalue weighted by Gasteiger charge is 2.18. The molecule has 0 aliphatic heterocycles. The van der Waals surface area contributed by atoms with Gasteiger partial charge in [-0.3, -0.25) is 0 Å². The van der Waals surface area contributed by atoms with E-state index in [1.54, 1.807) is 11.3 Å². The van der Waals surface area contributed by atoms with Gasteiger partial charge in [0.2, 0.25) is 0 Å². The molecule has 248 valence electrons. The van der Waals surface area contributed by atoms with Crippen molar-refractivity contribution in [3.05, 3.63) is 188 Å². The largest absolute Gasteiger partial charge is 0.208 e. The van der Waals surface area contributed by atoms with Crippen LogP contribution in [0, 0.1) is 0 Å². The van der Waals surface area contributed by atoms with Crippen LogP contribution in [0.25, 0.3) is 98.5 Å². The van der Waals surface area contributed by atoms with Gasteiger partial charge < -0.3 is 0 Å². The Hall–Kier alpha value is -6.75. The van der Waals surface area contributed by atoms with Crippen LogP contribution >= 0.6 is 11.3 Å². The fraction of sp³-hybridized carbons (Fsp3) is 0. The predicted molar refractivity (Wildman–Crippen MR) is 223 cm³/mol. The molecule has 10 rings (SSSR count). The van der Waals surface area contributed by atoms with Gasteiger partial charge in [0.05, 0.1) is 0 Å². The molecule has 0 radical (unpaired) electrons. The SMILES string of the molecule is c1ccc(-c2ccccc2-c2nc(-c3ccc(-c4cc(-c5ccccc5)c5ccccc5c4)cc3)nc(-c3cccc4c3sc3ccccc34)n2)cc1. The van der Waals surface area contributed by atoms with Crippen molar-refractivity contribution >= 4 is 42.3 Å². The number of aromatic nitrogens is 3. The Balaban J connectivity index is 1.13. The molecule has 10 aromatic rings. The normalized spacial score (nSPS) is 11.4. The highest BCUT2D eigenvalue weighted by Crippen LogP contribution is 2.41. The van der Waals surface area contributed by atoms with E-state index in [-0.39, 0.29) is 0 Å². The Bertz CT molecular complexity index is 2930. The van der Waals surface area contributed by atoms with Crippen LogP contribution in [0.3, 0.4) is 0 Å². The smallest absolute Gasteiger partial charge is 0.165 e. The van der Waals surface area contributed by atoms with Crippen molar-refractivity contribution in [1.82, 2.24) is 15.0 Å². The summed E-state index contributed by atoms with van der Waals surface area (Å²) in [6.07, 6.45) is 0. The van der Waals surface area contributed by atoms with E-state index in [0.717, 1.165) is 33.4 Å². The summed E-state index contributed by atoms with van der Waals surface area (Å²) in [5.41, 5.74) is 9.84. The Morgan fingerprint density at radius 2 is 0.849 bits per heavy atom. The van der Waals surface area contributed by atoms with Gasteiger partial charge in [-0.25, -0.2) is 15.0 Å². The van der Waals surface area contributed by atoms with Gasteiger partial charge in [-0.2, -0.15) is 0 Å². The lowest BCUT2D eigenvalue weighted by atomic mass is 9.93. The fourth-order valence-electron chi connectivity index (χ4n) is 7.36. The third-order valence-electron chi connectivity index (χ3n) is 9.96. The summed E-state index contributed by atoms with van der Waals surface area (Å²) in [5, 5.41) is 4.92. The minimum atomic E-state index is 0.640. The molecule has 0 saturated heterocycles. The lowest BCUT2D eigenvalue weighted by Gasteiger charge is -2.13. The van der Waals surface area contributed by atoms with Crippen molar-refractivity contribution in [3.63, 3.8) is 0 Å². The zero-order valence-electron chi connectivity index (χ0n) is 28.6. The van der Waals surface area contributed by atoms with Crippen molar-refractivity contribution in [1.29, 1.82) is 0 Å². The van der Waals surface area contributed by atoms with E-state index in [1.807, 2.05) is 6.07 Å². The monoisotopic (exact) mass is 693 g/mol. The number of hydrogen-bond donors (Lipinski definition) is 0. The van der Waals surface area contributed by atoms with Gasteiger partial charge in [-0.05, 0) is 68.4 Å². The van der Waals surface area contributed by atoms with Crippen LogP contribution in [0.2, 0.25) is 0 Å². The van der Waals surface area contributed by atoms with Crippen LogP contribution in [0.15, 0.2) is 188 Å². The second kappa shape index (κ2) is 13.1. The van der Waals surface area contributed by atoms with Gasteiger partial charge in [0.15, 0.2) is 17.5 Å². The molecule has 0 amide bonds. The van der Waals surface area contributed by atoms with Crippen LogP contribution in [-0.2, 0) is 0 Å². The zero-order valence-corrected chi connectivity index (χ0v) is 29.5. The first-order chi connectivity index (χ1) is 26.3. The number of thiophene rings is 1. The van der Waals surface area contributed by atoms with Gasteiger partial charge >= 0.3 is 0 Å². The van der Waals surface area contributed by atoms with Crippen LogP contribution < -0.4 is 0 Å². The van der Waals surface area contributed by atoms with E-state index in [1.165, 1.54) is 47.6 Å². The van der Waals surface area contributed by atoms with Crippen molar-refractivity contribution in [2.24, 2.45) is 0 Å². The second-order valence-corrected chi connectivity index (χ2v) is 14.2. The summed E-state index contributed by atoms with van der Waals surface area (Å²) >= 11 is 1.79. The maximum atomic E-state index is 5.22. The molecule has 0 unspecified atom stereocenters. The summed E-state index contributed by atoms with van der Waals surface area (Å²) in [5.74, 6) is 1.95. The van der Waals surface area contributed by atoms with Gasteiger partial charge in [-0.1, -0.05) is 164 Å². The van der Waals surface area contributed by atoms with E-state index in [0.29, 0.717) is 17.5 Å². The molecular weight excluding hydrogens is 663 g/mol. The average molecular weight is 694 g/mol. The van der Waals surface area contributed by atoms with E-state index in [2.05, 4.69) is 182 Å². The van der Waals surface area contributed by atoms with Crippen LogP contribution in [0.1, 0.15) is 0 Å². The fourth-order valence-corrected chi connectivity index (χ4v) is 8.57. The lowest BCUT2D eigenvalue weighted by Crippen LogP contribution is -2.01. The minimum Gasteiger partial charge on any atom is -0.208 e. The lowest BCUT2D eigenvalue weighted by molar-refractivity contribution is 1.08. The predicted octanol–water partition coefficient (Wildman–Crippen LogP) is 13.4. The molecule has 0 aliphatic carbocycles. The number of rotatable bonds is 6. The van der Waals surface area contributed by atoms with Crippen LogP contribution in [0.5, 0.6) is 0 Å². The quantitative estimate of drug-likeness (QED) is 0.174. The topological polar surface area (TPSA) is 38.7 Å². The van der Waals surface area contributed by atoms with Crippen molar-refractivity contribution in [3.8, 4) is 67.5 Å². The van der Waals surface area contributed by atoms with E-state index in [9.17, 15) is 0 Å². The summed E-state index contributed by atoms with van der Waals surface area (Å²) in [6, 6.07) is 66.3. The molecule has 2 heterocycles. The number of benzene rings is 8. The third kappa shape index (κ3) is 5.66. The molecule has 0 aliphatic rings. The maximum Gasteiger partial charge on any atom is 0.165 e. The van der Waals surface area contributed by atoms with Gasteiger partial charge in [0, 0.05) is 36.9 Å². The average Bonchev–Trinajstić information content (AvgIpc) is 3.63. The molecule has 0 spiro atoms. The first-order valence-electron chi connectivity index (χ1n) is 17.8. The van der Waals surface area contributed by atoms with Crippen molar-refractivity contribution in [2.45, 2.75) is 0 Å². The molecule has 0 atom stereocenters. The highest BCUT2D eigenvalue weighted by molar-refractivity contribution is 7.26. The molecular formula is C49H31N3S. The van der Waals surface area contributed by atoms with Gasteiger partial charge in [0.25, 0.3) is 0 Å². The molecule has 4 heteroatoms. The zero-order chi connectivity index (χ0) is 35.1. The summed E-state index contributed by atoms with van der Waals surface area (Å²) in [4.78, 5) is 15.6. The molecule has 0 fully saturated rings. The molecule has 53 heavy (non-hydrogen) atoms. The van der Waals surface area contributed by atoms with Crippen LogP contribution in [0.4, 0.5) is 0 Å². The molecule has 0 N–H and O–H groups in total. The first kappa shape index (κ1) is 31.0. The number of fused-ring (bicyclic) bond motifs is 4. The molecule has 2 aromatic heterocycles. The standard InChI is InChI=1S/C49H31N3S/c1-3-14-33(15-4-1)38-19-9-10-22-42(38)48-50-47(51-49(52-48)43-24-13-23-41-40-21-11-12-25-45(40)53-46(41)43)35-28-26-32(27-29-35)37-30-36-18-7-8-20-39(36)44(31-37)34-16-5-2-6-17-34/h1-31H. The molecule has 0 bridgehead atoms. The Labute approximate surface area is 311 Å². The third-order valence-corrected chi connectivity index (χ3v) is 11.2. The van der Waals surface area contributed by atoms with E-state index in [4.69, 9.17) is 15.0 Å². The number of hydrogen-bond acceptors (Lipinski definition) is 4. The van der Waals surface area contributed by atoms with E-state index < -0.39 is 0 Å². The van der Waals surface area contributed by atoms with E-state index >= 15 is 0 Å². The highest BCUT2D eigenvalue weighted by atomic mass is 32.1. The molecule has 3 nitrogen and oxygen atoms in total. The number of nitrogens with zero attached hydrogens (tertiary/aromatic N) is 3. The Kier molecular flexibility index (Phi) is 7.67. The van der Waals surface area contributed by atoms with Crippen molar-refractivity contribution < 1.29 is 0 Å². The van der Waals surface area contributed by atoms with Gasteiger partial charge in [0.1, 0.15) is 0 Å². The Morgan fingerprint density at radius 1 is 0.302 bits per heavy atom. The van der Waals surface area contributed by atoms with Gasteiger partial charge in [-0.15, -0.1) is 11.3 Å². The first-order valence-corrected chi connectivity index (χ1v) is 18.6. The second-order valence-electron chi connectivity index (χ2n) is 13.2. The summed E-state index contributed by atoms with van der Waals surface area (Å²) in [6.45, 7) is 0. The summed E-state index contributed by atoms with van der Waals surface area (Å²) < 4.78 is 2.42. The van der Waals surface area contributed by atoms with Crippen LogP contribution in [-0.4, -0.2) is 15.0 Å². The molecule has 0 saturated carbocycles. The minimum absolute atomic E-state index is 0.640. The molecule has 8 aromatic carbocycles. The Morgan fingerprint density at radius 3 is 1.62 bits per heavy atom. The summed E-state index contributed by atoms with van der Waals surface area (Å²) in [7, 11) is 0.